The molecule has 0 atom stereocenters. The molecule has 148 valence electrons. The van der Waals surface area contributed by atoms with Crippen molar-refractivity contribution < 1.29 is 14.3 Å². The van der Waals surface area contributed by atoms with Crippen LogP contribution in [0.3, 0.4) is 0 Å². The zero-order valence-corrected chi connectivity index (χ0v) is 16.9. The lowest BCUT2D eigenvalue weighted by atomic mass is 10.1. The van der Waals surface area contributed by atoms with Gasteiger partial charge in [0.25, 0.3) is 0 Å². The lowest BCUT2D eigenvalue weighted by Crippen LogP contribution is -2.02. The van der Waals surface area contributed by atoms with Crippen molar-refractivity contribution in [3.63, 3.8) is 0 Å². The molecule has 3 heteroatoms. The molecule has 26 heavy (non-hydrogen) atoms. The highest BCUT2D eigenvalue weighted by Gasteiger charge is 2.05. The van der Waals surface area contributed by atoms with Crippen molar-refractivity contribution >= 4 is 6.29 Å². The number of carbonyl (C=O) groups is 1. The maximum atomic E-state index is 11.3. The van der Waals surface area contributed by atoms with Crippen molar-refractivity contribution in [3.8, 4) is 11.5 Å². The van der Waals surface area contributed by atoms with E-state index < -0.39 is 0 Å². The predicted octanol–water partition coefficient (Wildman–Crippen LogP) is 6.98. The molecule has 0 spiro atoms. The number of hydrogen-bond donors (Lipinski definition) is 0. The van der Waals surface area contributed by atoms with Crippen LogP contribution >= 0.6 is 0 Å². The third kappa shape index (κ3) is 10.5. The molecule has 0 aliphatic heterocycles. The summed E-state index contributed by atoms with van der Waals surface area (Å²) in [7, 11) is 0. The average molecular weight is 363 g/mol. The standard InChI is InChI=1S/C23H38O3/c1-3-5-7-9-11-13-17-25-22-15-16-23(21(19-22)20-24)26-18-14-12-10-8-6-4-2/h15-16,19-20H,3-14,17-18H2,1-2H3. The fraction of sp³-hybridized carbons (Fsp3) is 0.696. The first-order valence-electron chi connectivity index (χ1n) is 10.7. The van der Waals surface area contributed by atoms with Crippen molar-refractivity contribution in [3.05, 3.63) is 23.8 Å². The van der Waals surface area contributed by atoms with Crippen LogP contribution in [0.15, 0.2) is 18.2 Å². The maximum absolute atomic E-state index is 11.3. The minimum Gasteiger partial charge on any atom is -0.494 e. The van der Waals surface area contributed by atoms with Crippen LogP contribution in [-0.2, 0) is 0 Å². The minimum absolute atomic E-state index is 0.580. The molecule has 0 fully saturated rings. The summed E-state index contributed by atoms with van der Waals surface area (Å²) >= 11 is 0. The average Bonchev–Trinajstić information content (AvgIpc) is 2.67. The van der Waals surface area contributed by atoms with Crippen LogP contribution in [0.2, 0.25) is 0 Å². The van der Waals surface area contributed by atoms with E-state index in [1.807, 2.05) is 12.1 Å². The van der Waals surface area contributed by atoms with Gasteiger partial charge in [-0.3, -0.25) is 4.79 Å². The first kappa shape index (κ1) is 22.5. The third-order valence-electron chi connectivity index (χ3n) is 4.63. The van der Waals surface area contributed by atoms with Gasteiger partial charge in [-0.1, -0.05) is 78.1 Å². The van der Waals surface area contributed by atoms with Crippen molar-refractivity contribution in [2.75, 3.05) is 13.2 Å². The lowest BCUT2D eigenvalue weighted by Gasteiger charge is -2.11. The van der Waals surface area contributed by atoms with E-state index in [9.17, 15) is 4.79 Å². The quantitative estimate of drug-likeness (QED) is 0.221. The highest BCUT2D eigenvalue weighted by Crippen LogP contribution is 2.23. The molecule has 0 saturated carbocycles. The second-order valence-corrected chi connectivity index (χ2v) is 7.05. The Balaban J connectivity index is 2.25. The summed E-state index contributed by atoms with van der Waals surface area (Å²) < 4.78 is 11.6. The topological polar surface area (TPSA) is 35.5 Å². The van der Waals surface area contributed by atoms with Gasteiger partial charge in [0.05, 0.1) is 18.8 Å². The van der Waals surface area contributed by atoms with Crippen molar-refractivity contribution in [2.45, 2.75) is 90.9 Å². The summed E-state index contributed by atoms with van der Waals surface area (Å²) in [5.74, 6) is 1.42. The zero-order chi connectivity index (χ0) is 18.9. The predicted molar refractivity (Wildman–Crippen MR) is 110 cm³/mol. The first-order chi connectivity index (χ1) is 12.8. The van der Waals surface area contributed by atoms with E-state index in [0.29, 0.717) is 24.5 Å². The Morgan fingerprint density at radius 2 is 1.27 bits per heavy atom. The molecule has 3 nitrogen and oxygen atoms in total. The van der Waals surface area contributed by atoms with Gasteiger partial charge in [-0.2, -0.15) is 0 Å². The molecule has 0 aliphatic rings. The number of benzene rings is 1. The first-order valence-corrected chi connectivity index (χ1v) is 10.7. The van der Waals surface area contributed by atoms with Gasteiger partial charge in [-0.15, -0.1) is 0 Å². The molecule has 0 heterocycles. The van der Waals surface area contributed by atoms with Crippen molar-refractivity contribution in [1.29, 1.82) is 0 Å². The molecule has 0 unspecified atom stereocenters. The number of hydrogen-bond acceptors (Lipinski definition) is 3. The summed E-state index contributed by atoms with van der Waals surface area (Å²) in [6, 6.07) is 5.55. The lowest BCUT2D eigenvalue weighted by molar-refractivity contribution is 0.111. The Labute approximate surface area is 160 Å². The summed E-state index contributed by atoms with van der Waals surface area (Å²) in [6.45, 7) is 5.84. The van der Waals surface area contributed by atoms with Crippen LogP contribution in [-0.4, -0.2) is 19.5 Å². The molecule has 1 rings (SSSR count). The number of unbranched alkanes of at least 4 members (excludes halogenated alkanes) is 10. The molecule has 1 aromatic carbocycles. The van der Waals surface area contributed by atoms with Gasteiger partial charge in [-0.05, 0) is 31.0 Å². The highest BCUT2D eigenvalue weighted by molar-refractivity contribution is 5.80. The highest BCUT2D eigenvalue weighted by atomic mass is 16.5. The van der Waals surface area contributed by atoms with Crippen LogP contribution in [0, 0.1) is 0 Å². The zero-order valence-electron chi connectivity index (χ0n) is 16.9. The fourth-order valence-electron chi connectivity index (χ4n) is 2.98. The van der Waals surface area contributed by atoms with Gasteiger partial charge in [-0.25, -0.2) is 0 Å². The van der Waals surface area contributed by atoms with Gasteiger partial charge in [0, 0.05) is 0 Å². The van der Waals surface area contributed by atoms with Crippen LogP contribution in [0.25, 0.3) is 0 Å². The van der Waals surface area contributed by atoms with Gasteiger partial charge in [0.1, 0.15) is 11.5 Å². The molecule has 0 N–H and O–H groups in total. The number of rotatable bonds is 17. The summed E-state index contributed by atoms with van der Waals surface area (Å²) in [5, 5.41) is 0. The minimum atomic E-state index is 0.580. The van der Waals surface area contributed by atoms with Crippen LogP contribution in [0.4, 0.5) is 0 Å². The monoisotopic (exact) mass is 362 g/mol. The Morgan fingerprint density at radius 3 is 1.85 bits per heavy atom. The SMILES string of the molecule is CCCCCCCCOc1ccc(OCCCCCCCC)c(C=O)c1. The number of carbonyl (C=O) groups excluding carboxylic acids is 1. The Morgan fingerprint density at radius 1 is 0.731 bits per heavy atom. The summed E-state index contributed by atoms with van der Waals surface area (Å²) in [4.78, 5) is 11.3. The van der Waals surface area contributed by atoms with E-state index in [4.69, 9.17) is 9.47 Å². The van der Waals surface area contributed by atoms with E-state index in [1.54, 1.807) is 6.07 Å². The molecule has 0 saturated heterocycles. The van der Waals surface area contributed by atoms with E-state index >= 15 is 0 Å². The van der Waals surface area contributed by atoms with E-state index in [1.165, 1.54) is 64.2 Å². The van der Waals surface area contributed by atoms with Gasteiger partial charge < -0.3 is 9.47 Å². The van der Waals surface area contributed by atoms with Gasteiger partial charge in [0.15, 0.2) is 6.29 Å². The third-order valence-corrected chi connectivity index (χ3v) is 4.63. The van der Waals surface area contributed by atoms with Crippen LogP contribution in [0.1, 0.15) is 101 Å². The smallest absolute Gasteiger partial charge is 0.153 e. The Kier molecular flexibility index (Phi) is 13.6. The van der Waals surface area contributed by atoms with Crippen LogP contribution < -0.4 is 9.47 Å². The molecule has 0 amide bonds. The van der Waals surface area contributed by atoms with Gasteiger partial charge in [0.2, 0.25) is 0 Å². The van der Waals surface area contributed by atoms with Crippen molar-refractivity contribution in [2.24, 2.45) is 0 Å². The Hall–Kier alpha value is -1.51. The molecule has 0 bridgehead atoms. The number of ether oxygens (including phenoxy) is 2. The Bertz CT molecular complexity index is 471. The van der Waals surface area contributed by atoms with Crippen LogP contribution in [0.5, 0.6) is 11.5 Å². The summed E-state index contributed by atoms with van der Waals surface area (Å²) in [5.41, 5.74) is 0.580. The van der Waals surface area contributed by atoms with Crippen molar-refractivity contribution in [1.82, 2.24) is 0 Å². The van der Waals surface area contributed by atoms with E-state index in [-0.39, 0.29) is 0 Å². The van der Waals surface area contributed by atoms with Gasteiger partial charge >= 0.3 is 0 Å². The number of aldehydes is 1. The largest absolute Gasteiger partial charge is 0.494 e. The molecule has 0 radical (unpaired) electrons. The second kappa shape index (κ2) is 15.7. The maximum Gasteiger partial charge on any atom is 0.153 e. The van der Waals surface area contributed by atoms with E-state index in [2.05, 4.69) is 13.8 Å². The molecule has 0 aromatic heterocycles. The normalized spacial score (nSPS) is 10.7. The molecule has 1 aromatic rings. The van der Waals surface area contributed by atoms with E-state index in [0.717, 1.165) is 24.9 Å². The molecular formula is C23H38O3. The molecular weight excluding hydrogens is 324 g/mol. The fourth-order valence-corrected chi connectivity index (χ4v) is 2.98. The summed E-state index contributed by atoms with van der Waals surface area (Å²) in [6.07, 6.45) is 15.7. The molecule has 0 aliphatic carbocycles. The second-order valence-electron chi connectivity index (χ2n) is 7.05.